The van der Waals surface area contributed by atoms with E-state index in [0.29, 0.717) is 12.3 Å². The van der Waals surface area contributed by atoms with Crippen LogP contribution in [0.25, 0.3) is 0 Å². The van der Waals surface area contributed by atoms with Gasteiger partial charge < -0.3 is 0 Å². The van der Waals surface area contributed by atoms with Crippen molar-refractivity contribution in [2.45, 2.75) is 25.2 Å². The summed E-state index contributed by atoms with van der Waals surface area (Å²) in [5.41, 5.74) is 3.04. The third-order valence-corrected chi connectivity index (χ3v) is 2.72. The topological polar surface area (TPSA) is 36.7 Å². The molecule has 1 saturated carbocycles. The fourth-order valence-corrected chi connectivity index (χ4v) is 1.95. The molecule has 0 N–H and O–H groups in total. The normalized spacial score (nSPS) is 16.3. The van der Waals surface area contributed by atoms with Crippen molar-refractivity contribution in [3.63, 3.8) is 0 Å². The third kappa shape index (κ3) is 1.26. The van der Waals surface area contributed by atoms with Gasteiger partial charge in [-0.05, 0) is 12.8 Å². The maximum atomic E-state index is 8.49. The molecular weight excluding hydrogens is 156 g/mol. The van der Waals surface area contributed by atoms with E-state index in [1.54, 1.807) is 11.3 Å². The Morgan fingerprint density at radius 1 is 1.73 bits per heavy atom. The van der Waals surface area contributed by atoms with Crippen molar-refractivity contribution in [1.82, 2.24) is 4.98 Å². The summed E-state index contributed by atoms with van der Waals surface area (Å²) >= 11 is 1.61. The van der Waals surface area contributed by atoms with Crippen LogP contribution in [-0.4, -0.2) is 4.98 Å². The molecule has 2 nitrogen and oxygen atoms in total. The van der Waals surface area contributed by atoms with E-state index >= 15 is 0 Å². The molecule has 0 aliphatic heterocycles. The van der Waals surface area contributed by atoms with Gasteiger partial charge in [-0.3, -0.25) is 0 Å². The van der Waals surface area contributed by atoms with E-state index < -0.39 is 0 Å². The van der Waals surface area contributed by atoms with Gasteiger partial charge in [0.2, 0.25) is 0 Å². The third-order valence-electron chi connectivity index (χ3n) is 1.88. The summed E-state index contributed by atoms with van der Waals surface area (Å²) in [5, 5.41) is 8.49. The van der Waals surface area contributed by atoms with Crippen LogP contribution in [0.2, 0.25) is 0 Å². The number of hydrogen-bond donors (Lipinski definition) is 0. The average molecular weight is 164 g/mol. The lowest BCUT2D eigenvalue weighted by Crippen LogP contribution is -1.85. The quantitative estimate of drug-likeness (QED) is 0.671. The maximum Gasteiger partial charge on any atom is 0.0798 e. The highest BCUT2D eigenvalue weighted by molar-refractivity contribution is 7.09. The molecule has 1 aliphatic rings. The monoisotopic (exact) mass is 164 g/mol. The molecule has 0 spiro atoms. The van der Waals surface area contributed by atoms with Crippen LogP contribution in [0.4, 0.5) is 0 Å². The first kappa shape index (κ1) is 6.81. The lowest BCUT2D eigenvalue weighted by Gasteiger charge is -1.91. The minimum absolute atomic E-state index is 0.538. The standard InChI is InChI=1S/C8H8N2S/c9-4-3-7-8(6-1-2-6)10-5-11-7/h5-6H,1-3H2. The molecule has 1 aromatic rings. The summed E-state index contributed by atoms with van der Waals surface area (Å²) in [6.07, 6.45) is 3.07. The van der Waals surface area contributed by atoms with E-state index in [1.807, 2.05) is 5.51 Å². The van der Waals surface area contributed by atoms with Crippen LogP contribution in [0.15, 0.2) is 5.51 Å². The van der Waals surface area contributed by atoms with Gasteiger partial charge in [-0.15, -0.1) is 11.3 Å². The van der Waals surface area contributed by atoms with Crippen LogP contribution in [0.1, 0.15) is 29.3 Å². The number of nitrogens with zero attached hydrogens (tertiary/aromatic N) is 2. The van der Waals surface area contributed by atoms with Crippen LogP contribution in [0.3, 0.4) is 0 Å². The Morgan fingerprint density at radius 3 is 3.18 bits per heavy atom. The Morgan fingerprint density at radius 2 is 2.55 bits per heavy atom. The van der Waals surface area contributed by atoms with E-state index in [9.17, 15) is 0 Å². The second kappa shape index (κ2) is 2.63. The van der Waals surface area contributed by atoms with Gasteiger partial charge in [-0.2, -0.15) is 5.26 Å². The predicted octanol–water partition coefficient (Wildman–Crippen LogP) is 2.09. The molecule has 0 aromatic carbocycles. The number of aromatic nitrogens is 1. The van der Waals surface area contributed by atoms with Crippen LogP contribution >= 0.6 is 11.3 Å². The Balaban J connectivity index is 2.24. The molecule has 0 atom stereocenters. The zero-order chi connectivity index (χ0) is 7.68. The number of nitriles is 1. The van der Waals surface area contributed by atoms with Gasteiger partial charge in [-0.25, -0.2) is 4.98 Å². The molecule has 56 valence electrons. The molecule has 0 unspecified atom stereocenters. The van der Waals surface area contributed by atoms with E-state index in [4.69, 9.17) is 5.26 Å². The fraction of sp³-hybridized carbons (Fsp3) is 0.500. The zero-order valence-electron chi connectivity index (χ0n) is 6.08. The molecule has 2 rings (SSSR count). The lowest BCUT2D eigenvalue weighted by molar-refractivity contribution is 1.02. The summed E-state index contributed by atoms with van der Waals surface area (Å²) in [6.45, 7) is 0. The SMILES string of the molecule is N#CCc1scnc1C1CC1. The number of thiazole rings is 1. The molecule has 0 radical (unpaired) electrons. The van der Waals surface area contributed by atoms with E-state index in [2.05, 4.69) is 11.1 Å². The Kier molecular flexibility index (Phi) is 1.63. The van der Waals surface area contributed by atoms with Gasteiger partial charge in [0.1, 0.15) is 0 Å². The first-order valence-electron chi connectivity index (χ1n) is 3.71. The first-order chi connectivity index (χ1) is 5.42. The molecular formula is C8H8N2S. The first-order valence-corrected chi connectivity index (χ1v) is 4.59. The second-order valence-electron chi connectivity index (χ2n) is 2.77. The van der Waals surface area contributed by atoms with Gasteiger partial charge in [0.15, 0.2) is 0 Å². The largest absolute Gasteiger partial charge is 0.249 e. The van der Waals surface area contributed by atoms with Gasteiger partial charge in [0, 0.05) is 10.8 Å². The molecule has 0 bridgehead atoms. The van der Waals surface area contributed by atoms with E-state index in [0.717, 1.165) is 0 Å². The van der Waals surface area contributed by atoms with Crippen molar-refractivity contribution in [2.24, 2.45) is 0 Å². The summed E-state index contributed by atoms with van der Waals surface area (Å²) in [7, 11) is 0. The van der Waals surface area contributed by atoms with Crippen LogP contribution < -0.4 is 0 Å². The second-order valence-corrected chi connectivity index (χ2v) is 3.71. The average Bonchev–Trinajstić information content (AvgIpc) is 2.75. The molecule has 1 fully saturated rings. The van der Waals surface area contributed by atoms with Crippen molar-refractivity contribution < 1.29 is 0 Å². The molecule has 1 aromatic heterocycles. The molecule has 3 heteroatoms. The summed E-state index contributed by atoms with van der Waals surface area (Å²) < 4.78 is 0. The van der Waals surface area contributed by atoms with Crippen molar-refractivity contribution in [3.05, 3.63) is 16.1 Å². The van der Waals surface area contributed by atoms with Crippen LogP contribution in [-0.2, 0) is 6.42 Å². The Labute approximate surface area is 69.5 Å². The van der Waals surface area contributed by atoms with Crippen molar-refractivity contribution in [3.8, 4) is 6.07 Å². The van der Waals surface area contributed by atoms with Crippen molar-refractivity contribution in [2.75, 3.05) is 0 Å². The van der Waals surface area contributed by atoms with Crippen LogP contribution in [0.5, 0.6) is 0 Å². The zero-order valence-corrected chi connectivity index (χ0v) is 6.90. The highest BCUT2D eigenvalue weighted by Gasteiger charge is 2.27. The number of hydrogen-bond acceptors (Lipinski definition) is 3. The van der Waals surface area contributed by atoms with Gasteiger partial charge in [-0.1, -0.05) is 0 Å². The minimum Gasteiger partial charge on any atom is -0.249 e. The Hall–Kier alpha value is -0.880. The highest BCUT2D eigenvalue weighted by atomic mass is 32.1. The summed E-state index contributed by atoms with van der Waals surface area (Å²) in [5.74, 6) is 0.685. The van der Waals surface area contributed by atoms with Crippen LogP contribution in [0, 0.1) is 11.3 Å². The van der Waals surface area contributed by atoms with Gasteiger partial charge in [0.05, 0.1) is 23.7 Å². The molecule has 1 aliphatic carbocycles. The summed E-state index contributed by atoms with van der Waals surface area (Å²) in [6, 6.07) is 2.16. The van der Waals surface area contributed by atoms with Crippen molar-refractivity contribution >= 4 is 11.3 Å². The lowest BCUT2D eigenvalue weighted by atomic mass is 10.2. The maximum absolute atomic E-state index is 8.49. The van der Waals surface area contributed by atoms with E-state index in [1.165, 1.54) is 23.4 Å². The van der Waals surface area contributed by atoms with Gasteiger partial charge >= 0.3 is 0 Å². The predicted molar refractivity (Wildman–Crippen MR) is 43.4 cm³/mol. The fourth-order valence-electron chi connectivity index (χ4n) is 1.17. The minimum atomic E-state index is 0.538. The molecule has 1 heterocycles. The Bertz CT molecular complexity index is 293. The molecule has 0 saturated heterocycles. The molecule has 0 amide bonds. The van der Waals surface area contributed by atoms with Gasteiger partial charge in [0.25, 0.3) is 0 Å². The molecule has 11 heavy (non-hydrogen) atoms. The smallest absolute Gasteiger partial charge is 0.0798 e. The summed E-state index contributed by atoms with van der Waals surface area (Å²) in [4.78, 5) is 5.44. The van der Waals surface area contributed by atoms with E-state index in [-0.39, 0.29) is 0 Å². The highest BCUT2D eigenvalue weighted by Crippen LogP contribution is 2.41. The van der Waals surface area contributed by atoms with Crippen molar-refractivity contribution in [1.29, 1.82) is 5.26 Å². The number of rotatable bonds is 2.